The van der Waals surface area contributed by atoms with Gasteiger partial charge in [0.2, 0.25) is 0 Å². The first kappa shape index (κ1) is 15.2. The molecular formula is C12H23NO5. The van der Waals surface area contributed by atoms with Crippen molar-refractivity contribution in [2.24, 2.45) is 0 Å². The van der Waals surface area contributed by atoms with Crippen LogP contribution in [-0.2, 0) is 14.2 Å². The van der Waals surface area contributed by atoms with Gasteiger partial charge in [0.15, 0.2) is 0 Å². The fourth-order valence-electron chi connectivity index (χ4n) is 1.94. The summed E-state index contributed by atoms with van der Waals surface area (Å²) in [5.74, 6) is 0. The van der Waals surface area contributed by atoms with Gasteiger partial charge in [-0.1, -0.05) is 13.3 Å². The number of rotatable bonds is 7. The van der Waals surface area contributed by atoms with E-state index < -0.39 is 0 Å². The summed E-state index contributed by atoms with van der Waals surface area (Å²) in [6.07, 6.45) is 1.98. The molecule has 0 aromatic rings. The van der Waals surface area contributed by atoms with Crippen molar-refractivity contribution in [1.29, 1.82) is 0 Å². The Morgan fingerprint density at radius 2 is 2.28 bits per heavy atom. The van der Waals surface area contributed by atoms with E-state index in [2.05, 4.69) is 0 Å². The Hall–Kier alpha value is -0.850. The van der Waals surface area contributed by atoms with E-state index in [9.17, 15) is 9.90 Å². The molecule has 1 saturated heterocycles. The Morgan fingerprint density at radius 1 is 1.50 bits per heavy atom. The minimum absolute atomic E-state index is 0.0737. The highest BCUT2D eigenvalue weighted by Crippen LogP contribution is 2.21. The van der Waals surface area contributed by atoms with Crippen LogP contribution in [0.15, 0.2) is 0 Å². The van der Waals surface area contributed by atoms with Crippen molar-refractivity contribution in [2.75, 3.05) is 33.7 Å². The number of aliphatic hydroxyl groups excluding tert-OH is 1. The molecule has 6 nitrogen and oxygen atoms in total. The van der Waals surface area contributed by atoms with Gasteiger partial charge < -0.3 is 24.2 Å². The summed E-state index contributed by atoms with van der Waals surface area (Å²) in [6, 6.07) is -0.221. The third kappa shape index (κ3) is 4.44. The van der Waals surface area contributed by atoms with E-state index in [-0.39, 0.29) is 31.6 Å². The van der Waals surface area contributed by atoms with Gasteiger partial charge in [-0.3, -0.25) is 0 Å². The van der Waals surface area contributed by atoms with Crippen LogP contribution in [0.25, 0.3) is 0 Å². The van der Waals surface area contributed by atoms with Crippen LogP contribution in [-0.4, -0.2) is 61.9 Å². The lowest BCUT2D eigenvalue weighted by molar-refractivity contribution is -0.0671. The first-order valence-electron chi connectivity index (χ1n) is 6.37. The van der Waals surface area contributed by atoms with Crippen molar-refractivity contribution in [2.45, 2.75) is 38.3 Å². The van der Waals surface area contributed by atoms with E-state index in [1.807, 2.05) is 6.92 Å². The second kappa shape index (κ2) is 8.29. The number of hydrogen-bond acceptors (Lipinski definition) is 5. The average Bonchev–Trinajstić information content (AvgIpc) is 2.79. The number of unbranched alkanes of at least 4 members (excludes halogenated alkanes) is 1. The number of hydrogen-bond donors (Lipinski definition) is 1. The Bertz CT molecular complexity index is 249. The van der Waals surface area contributed by atoms with Crippen molar-refractivity contribution in [3.05, 3.63) is 0 Å². The van der Waals surface area contributed by atoms with E-state index in [1.165, 1.54) is 4.90 Å². The molecular weight excluding hydrogens is 238 g/mol. The van der Waals surface area contributed by atoms with E-state index in [0.29, 0.717) is 19.6 Å². The van der Waals surface area contributed by atoms with E-state index >= 15 is 0 Å². The number of amides is 1. The summed E-state index contributed by atoms with van der Waals surface area (Å²) in [5, 5.41) is 9.26. The smallest absolute Gasteiger partial charge is 0.410 e. The highest BCUT2D eigenvalue weighted by atomic mass is 16.7. The number of nitrogens with zero attached hydrogens (tertiary/aromatic N) is 1. The van der Waals surface area contributed by atoms with Crippen molar-refractivity contribution < 1.29 is 24.1 Å². The fraction of sp³-hybridized carbons (Fsp3) is 0.917. The SMILES string of the molecule is CCCCOC(=O)N1C[C@@H](OCOC)C[C@H]1CO. The van der Waals surface area contributed by atoms with Gasteiger partial charge in [-0.2, -0.15) is 0 Å². The van der Waals surface area contributed by atoms with Gasteiger partial charge in [-0.15, -0.1) is 0 Å². The summed E-state index contributed by atoms with van der Waals surface area (Å²) in [4.78, 5) is 13.4. The van der Waals surface area contributed by atoms with Crippen molar-refractivity contribution in [3.8, 4) is 0 Å². The third-order valence-electron chi connectivity index (χ3n) is 2.97. The van der Waals surface area contributed by atoms with Gasteiger partial charge in [0.25, 0.3) is 0 Å². The highest BCUT2D eigenvalue weighted by Gasteiger charge is 2.36. The maximum absolute atomic E-state index is 11.8. The minimum Gasteiger partial charge on any atom is -0.449 e. The molecule has 18 heavy (non-hydrogen) atoms. The Labute approximate surface area is 108 Å². The minimum atomic E-state index is -0.369. The number of carbonyl (C=O) groups excluding carboxylic acids is 1. The number of methoxy groups -OCH3 is 1. The van der Waals surface area contributed by atoms with Crippen LogP contribution in [0.4, 0.5) is 4.79 Å². The Kier molecular flexibility index (Phi) is 7.00. The van der Waals surface area contributed by atoms with Crippen LogP contribution in [0.5, 0.6) is 0 Å². The van der Waals surface area contributed by atoms with Gasteiger partial charge in [0, 0.05) is 7.11 Å². The molecule has 0 saturated carbocycles. The van der Waals surface area contributed by atoms with Crippen LogP contribution in [0.3, 0.4) is 0 Å². The van der Waals surface area contributed by atoms with Gasteiger partial charge in [-0.05, 0) is 12.8 Å². The molecule has 1 N–H and O–H groups in total. The quantitative estimate of drug-likeness (QED) is 0.546. The summed E-state index contributed by atoms with van der Waals surface area (Å²) >= 11 is 0. The molecule has 0 spiro atoms. The number of aliphatic hydroxyl groups is 1. The van der Waals surface area contributed by atoms with Gasteiger partial charge in [0.1, 0.15) is 6.79 Å². The highest BCUT2D eigenvalue weighted by molar-refractivity contribution is 5.68. The molecule has 0 radical (unpaired) electrons. The predicted octanol–water partition coefficient (Wildman–Crippen LogP) is 0.979. The van der Waals surface area contributed by atoms with Gasteiger partial charge >= 0.3 is 6.09 Å². The summed E-state index contributed by atoms with van der Waals surface area (Å²) in [7, 11) is 1.55. The molecule has 0 aromatic carbocycles. The predicted molar refractivity (Wildman–Crippen MR) is 65.2 cm³/mol. The monoisotopic (exact) mass is 261 g/mol. The van der Waals surface area contributed by atoms with E-state index in [0.717, 1.165) is 12.8 Å². The normalized spacial score (nSPS) is 23.4. The van der Waals surface area contributed by atoms with Crippen LogP contribution < -0.4 is 0 Å². The number of carbonyl (C=O) groups is 1. The maximum Gasteiger partial charge on any atom is 0.410 e. The van der Waals surface area contributed by atoms with Crippen molar-refractivity contribution >= 4 is 6.09 Å². The Balaban J connectivity index is 2.40. The third-order valence-corrected chi connectivity index (χ3v) is 2.97. The summed E-state index contributed by atoms with van der Waals surface area (Å²) < 4.78 is 15.4. The molecule has 1 aliphatic rings. The molecule has 6 heteroatoms. The first-order valence-corrected chi connectivity index (χ1v) is 6.37. The van der Waals surface area contributed by atoms with Gasteiger partial charge in [-0.25, -0.2) is 4.79 Å². The molecule has 1 rings (SSSR count). The van der Waals surface area contributed by atoms with E-state index in [1.54, 1.807) is 7.11 Å². The molecule has 0 bridgehead atoms. The lowest BCUT2D eigenvalue weighted by Gasteiger charge is -2.21. The van der Waals surface area contributed by atoms with Crippen LogP contribution in [0.1, 0.15) is 26.2 Å². The second-order valence-corrected chi connectivity index (χ2v) is 4.39. The van der Waals surface area contributed by atoms with Crippen LogP contribution in [0, 0.1) is 0 Å². The van der Waals surface area contributed by atoms with Crippen LogP contribution in [0.2, 0.25) is 0 Å². The molecule has 1 aliphatic heterocycles. The standard InChI is InChI=1S/C12H23NO5/c1-3-4-5-17-12(15)13-7-11(18-9-16-2)6-10(13)8-14/h10-11,14H,3-9H2,1-2H3/t10-,11-/m0/s1. The maximum atomic E-state index is 11.8. The van der Waals surface area contributed by atoms with Crippen molar-refractivity contribution in [1.82, 2.24) is 4.90 Å². The zero-order valence-electron chi connectivity index (χ0n) is 11.1. The molecule has 0 aromatic heterocycles. The largest absolute Gasteiger partial charge is 0.449 e. The summed E-state index contributed by atoms with van der Waals surface area (Å²) in [5.41, 5.74) is 0. The zero-order valence-corrected chi connectivity index (χ0v) is 11.1. The molecule has 1 fully saturated rings. The van der Waals surface area contributed by atoms with Crippen LogP contribution >= 0.6 is 0 Å². The fourth-order valence-corrected chi connectivity index (χ4v) is 1.94. The Morgan fingerprint density at radius 3 is 2.89 bits per heavy atom. The van der Waals surface area contributed by atoms with E-state index in [4.69, 9.17) is 14.2 Å². The van der Waals surface area contributed by atoms with Gasteiger partial charge in [0.05, 0.1) is 31.9 Å². The molecule has 1 heterocycles. The zero-order chi connectivity index (χ0) is 13.4. The molecule has 106 valence electrons. The first-order chi connectivity index (χ1) is 8.72. The molecule has 2 atom stereocenters. The van der Waals surface area contributed by atoms with Crippen molar-refractivity contribution in [3.63, 3.8) is 0 Å². The number of likely N-dealkylation sites (tertiary alicyclic amines) is 1. The summed E-state index contributed by atoms with van der Waals surface area (Å²) in [6.45, 7) is 3.03. The number of ether oxygens (including phenoxy) is 3. The molecule has 0 unspecified atom stereocenters. The lowest BCUT2D eigenvalue weighted by Crippen LogP contribution is -2.38. The second-order valence-electron chi connectivity index (χ2n) is 4.39. The topological polar surface area (TPSA) is 68.2 Å². The molecule has 0 aliphatic carbocycles. The lowest BCUT2D eigenvalue weighted by atomic mass is 10.2. The average molecular weight is 261 g/mol. The molecule has 1 amide bonds.